The molecule has 2 aromatic rings. The van der Waals surface area contributed by atoms with E-state index >= 15 is 0 Å². The third-order valence-electron chi connectivity index (χ3n) is 2.54. The van der Waals surface area contributed by atoms with Crippen LogP contribution in [0.25, 0.3) is 0 Å². The maximum atomic E-state index is 12.0. The van der Waals surface area contributed by atoms with E-state index in [1.807, 2.05) is 12.1 Å². The Morgan fingerprint density at radius 2 is 2.25 bits per heavy atom. The monoisotopic (exact) mass is 379 g/mol. The van der Waals surface area contributed by atoms with Crippen molar-refractivity contribution in [2.24, 2.45) is 0 Å². The Labute approximate surface area is 129 Å². The van der Waals surface area contributed by atoms with Gasteiger partial charge in [0, 0.05) is 17.6 Å². The Hall–Kier alpha value is -0.740. The van der Waals surface area contributed by atoms with Crippen molar-refractivity contribution in [3.05, 3.63) is 33.2 Å². The molecule has 6 nitrogen and oxygen atoms in total. The Morgan fingerprint density at radius 1 is 1.45 bits per heavy atom. The molecule has 0 aliphatic carbocycles. The predicted octanol–water partition coefficient (Wildman–Crippen LogP) is 1.22. The molecule has 0 atom stereocenters. The minimum absolute atomic E-state index is 0.0815. The van der Waals surface area contributed by atoms with Gasteiger partial charge < -0.3 is 5.11 Å². The molecule has 110 valence electrons. The first-order chi connectivity index (χ1) is 9.51. The van der Waals surface area contributed by atoms with Gasteiger partial charge in [0.15, 0.2) is 0 Å². The molecule has 0 bridgehead atoms. The number of hydrogen-bond donors (Lipinski definition) is 2. The van der Waals surface area contributed by atoms with Crippen molar-refractivity contribution in [2.45, 2.75) is 17.9 Å². The average molecular weight is 380 g/mol. The Balaban J connectivity index is 1.92. The Morgan fingerprint density at radius 3 is 2.90 bits per heavy atom. The van der Waals surface area contributed by atoms with Gasteiger partial charge in [-0.05, 0) is 34.5 Å². The molecule has 2 heterocycles. The summed E-state index contributed by atoms with van der Waals surface area (Å²) in [6, 6.07) is 3.90. The number of sulfonamides is 1. The van der Waals surface area contributed by atoms with E-state index < -0.39 is 10.0 Å². The molecule has 2 aromatic heterocycles. The van der Waals surface area contributed by atoms with E-state index in [9.17, 15) is 8.42 Å². The molecule has 0 aliphatic heterocycles. The molecule has 9 heteroatoms. The number of nitrogens with one attached hydrogen (secondary N) is 1. The highest BCUT2D eigenvalue weighted by atomic mass is 79.9. The van der Waals surface area contributed by atoms with Crippen LogP contribution in [0.15, 0.2) is 33.2 Å². The van der Waals surface area contributed by atoms with E-state index in [0.29, 0.717) is 13.0 Å². The number of aromatic nitrogens is 2. The lowest BCUT2D eigenvalue weighted by Gasteiger charge is -2.03. The maximum Gasteiger partial charge on any atom is 0.243 e. The van der Waals surface area contributed by atoms with Gasteiger partial charge in [-0.2, -0.15) is 5.10 Å². The lowest BCUT2D eigenvalue weighted by atomic mass is 10.3. The van der Waals surface area contributed by atoms with Crippen LogP contribution >= 0.6 is 27.3 Å². The molecular formula is C11H14BrN3O3S2. The quantitative estimate of drug-likeness (QED) is 0.757. The smallest absolute Gasteiger partial charge is 0.243 e. The Bertz CT molecular complexity index is 666. The highest BCUT2D eigenvalue weighted by Crippen LogP contribution is 2.22. The molecule has 2 rings (SSSR count). The molecule has 0 amide bonds. The summed E-state index contributed by atoms with van der Waals surface area (Å²) in [4.78, 5) is 1.22. The van der Waals surface area contributed by atoms with E-state index in [2.05, 4.69) is 25.8 Å². The number of aliphatic hydroxyl groups excluding tert-OH is 1. The molecule has 0 unspecified atom stereocenters. The number of halogens is 1. The average Bonchev–Trinajstić information content (AvgIpc) is 2.99. The SMILES string of the molecule is O=S(=O)(NCCc1ccc(Br)s1)c1cnn(CCO)c1. The molecule has 0 fully saturated rings. The first kappa shape index (κ1) is 15.6. The molecular weight excluding hydrogens is 366 g/mol. The second kappa shape index (κ2) is 6.81. The van der Waals surface area contributed by atoms with Crippen molar-refractivity contribution < 1.29 is 13.5 Å². The normalized spacial score (nSPS) is 11.9. The number of nitrogens with zero attached hydrogens (tertiary/aromatic N) is 2. The van der Waals surface area contributed by atoms with Crippen LogP contribution in [-0.2, 0) is 23.0 Å². The zero-order chi connectivity index (χ0) is 14.6. The first-order valence-electron chi connectivity index (χ1n) is 5.88. The van der Waals surface area contributed by atoms with Crippen LogP contribution in [0.3, 0.4) is 0 Å². The lowest BCUT2D eigenvalue weighted by molar-refractivity contribution is 0.269. The van der Waals surface area contributed by atoms with Crippen LogP contribution in [0.4, 0.5) is 0 Å². The van der Waals surface area contributed by atoms with E-state index in [1.54, 1.807) is 11.3 Å². The molecule has 0 saturated heterocycles. The van der Waals surface area contributed by atoms with Gasteiger partial charge in [-0.25, -0.2) is 13.1 Å². The summed E-state index contributed by atoms with van der Waals surface area (Å²) >= 11 is 4.95. The van der Waals surface area contributed by atoms with E-state index in [4.69, 9.17) is 5.11 Å². The zero-order valence-electron chi connectivity index (χ0n) is 10.5. The second-order valence-corrected chi connectivity index (χ2v) is 8.33. The van der Waals surface area contributed by atoms with E-state index in [1.165, 1.54) is 17.1 Å². The topological polar surface area (TPSA) is 84.2 Å². The van der Waals surface area contributed by atoms with Crippen molar-refractivity contribution in [1.29, 1.82) is 0 Å². The zero-order valence-corrected chi connectivity index (χ0v) is 13.7. The van der Waals surface area contributed by atoms with E-state index in [0.717, 1.165) is 8.66 Å². The molecule has 0 radical (unpaired) electrons. The minimum Gasteiger partial charge on any atom is -0.394 e. The molecule has 0 aliphatic rings. The van der Waals surface area contributed by atoms with Gasteiger partial charge in [-0.3, -0.25) is 4.68 Å². The summed E-state index contributed by atoms with van der Waals surface area (Å²) in [5.74, 6) is 0. The van der Waals surface area contributed by atoms with Gasteiger partial charge in [0.05, 0.1) is 23.1 Å². The second-order valence-electron chi connectivity index (χ2n) is 4.02. The summed E-state index contributed by atoms with van der Waals surface area (Å²) in [7, 11) is -3.54. The lowest BCUT2D eigenvalue weighted by Crippen LogP contribution is -2.25. The van der Waals surface area contributed by atoms with Gasteiger partial charge in [-0.1, -0.05) is 0 Å². The summed E-state index contributed by atoms with van der Waals surface area (Å²) < 4.78 is 29.0. The van der Waals surface area contributed by atoms with Gasteiger partial charge in [0.1, 0.15) is 4.90 Å². The van der Waals surface area contributed by atoms with Gasteiger partial charge in [0.2, 0.25) is 10.0 Å². The van der Waals surface area contributed by atoms with Crippen molar-refractivity contribution in [3.8, 4) is 0 Å². The van der Waals surface area contributed by atoms with Crippen LogP contribution in [0, 0.1) is 0 Å². The van der Waals surface area contributed by atoms with Crippen molar-refractivity contribution in [2.75, 3.05) is 13.2 Å². The fourth-order valence-corrected chi connectivity index (χ4v) is 4.05. The predicted molar refractivity (Wildman–Crippen MR) is 80.2 cm³/mol. The van der Waals surface area contributed by atoms with Crippen LogP contribution in [-0.4, -0.2) is 36.5 Å². The highest BCUT2D eigenvalue weighted by molar-refractivity contribution is 9.11. The van der Waals surface area contributed by atoms with Gasteiger partial charge in [-0.15, -0.1) is 11.3 Å². The van der Waals surface area contributed by atoms with Crippen molar-refractivity contribution in [1.82, 2.24) is 14.5 Å². The molecule has 2 N–H and O–H groups in total. The van der Waals surface area contributed by atoms with Crippen molar-refractivity contribution >= 4 is 37.3 Å². The van der Waals surface area contributed by atoms with Crippen LogP contribution in [0.5, 0.6) is 0 Å². The highest BCUT2D eigenvalue weighted by Gasteiger charge is 2.15. The summed E-state index contributed by atoms with van der Waals surface area (Å²) in [6.07, 6.45) is 3.32. The standard InChI is InChI=1S/C11H14BrN3O3S2/c12-11-2-1-9(19-11)3-4-14-20(17,18)10-7-13-15(8-10)5-6-16/h1-2,7-8,14,16H,3-6H2. The third-order valence-corrected chi connectivity index (χ3v) is 5.64. The number of rotatable bonds is 7. The van der Waals surface area contributed by atoms with Gasteiger partial charge >= 0.3 is 0 Å². The number of thiophene rings is 1. The fraction of sp³-hybridized carbons (Fsp3) is 0.364. The maximum absolute atomic E-state index is 12.0. The number of aliphatic hydroxyl groups is 1. The first-order valence-corrected chi connectivity index (χ1v) is 8.98. The molecule has 0 aromatic carbocycles. The molecule has 0 spiro atoms. The van der Waals surface area contributed by atoms with E-state index in [-0.39, 0.29) is 18.0 Å². The summed E-state index contributed by atoms with van der Waals surface area (Å²) in [5, 5.41) is 12.6. The molecule has 20 heavy (non-hydrogen) atoms. The van der Waals surface area contributed by atoms with Gasteiger partial charge in [0.25, 0.3) is 0 Å². The summed E-state index contributed by atoms with van der Waals surface area (Å²) in [6.45, 7) is 0.529. The Kier molecular flexibility index (Phi) is 5.33. The fourth-order valence-electron chi connectivity index (χ4n) is 1.59. The largest absolute Gasteiger partial charge is 0.394 e. The third kappa shape index (κ3) is 4.13. The van der Waals surface area contributed by atoms with Crippen LogP contribution in [0.2, 0.25) is 0 Å². The summed E-state index contributed by atoms with van der Waals surface area (Å²) in [5.41, 5.74) is 0. The number of hydrogen-bond acceptors (Lipinski definition) is 5. The van der Waals surface area contributed by atoms with Crippen molar-refractivity contribution in [3.63, 3.8) is 0 Å². The minimum atomic E-state index is -3.54. The van der Waals surface area contributed by atoms with Crippen LogP contribution in [0.1, 0.15) is 4.88 Å². The van der Waals surface area contributed by atoms with Crippen LogP contribution < -0.4 is 4.72 Å². The molecule has 0 saturated carbocycles.